The summed E-state index contributed by atoms with van der Waals surface area (Å²) in [6.07, 6.45) is -4.31. The van der Waals surface area contributed by atoms with Crippen LogP contribution in [0.15, 0.2) is 24.3 Å². The van der Waals surface area contributed by atoms with E-state index in [-0.39, 0.29) is 0 Å². The van der Waals surface area contributed by atoms with E-state index >= 15 is 0 Å². The Morgan fingerprint density at radius 1 is 1.13 bits per heavy atom. The van der Waals surface area contributed by atoms with E-state index in [1.807, 2.05) is 0 Å². The molecule has 0 N–H and O–H groups in total. The largest absolute Gasteiger partial charge is 0.468 e. The fraction of sp³-hybridized carbons (Fsp3) is 0.333. The average Bonchev–Trinajstić information content (AvgIpc) is 2.14. The lowest BCUT2D eigenvalue weighted by Crippen LogP contribution is -2.19. The molecule has 0 saturated heterocycles. The Morgan fingerprint density at radius 3 is 2.27 bits per heavy atom. The summed E-state index contributed by atoms with van der Waals surface area (Å²) in [7, 11) is 0. The van der Waals surface area contributed by atoms with E-state index in [1.54, 1.807) is 24.3 Å². The SMILES string of the molecule is FC(F)(F)COCOc1ccc(I)cc1. The molecular formula is C9H8F3IO2. The van der Waals surface area contributed by atoms with E-state index in [4.69, 9.17) is 4.74 Å². The van der Waals surface area contributed by atoms with Crippen LogP contribution < -0.4 is 4.74 Å². The molecule has 6 heteroatoms. The summed E-state index contributed by atoms with van der Waals surface area (Å²) in [4.78, 5) is 0. The summed E-state index contributed by atoms with van der Waals surface area (Å²) in [6.45, 7) is -1.70. The zero-order chi connectivity index (χ0) is 11.3. The predicted octanol–water partition coefficient (Wildman–Crippen LogP) is 3.21. The van der Waals surface area contributed by atoms with Gasteiger partial charge in [-0.3, -0.25) is 0 Å². The molecule has 2 nitrogen and oxygen atoms in total. The van der Waals surface area contributed by atoms with Crippen molar-refractivity contribution in [1.82, 2.24) is 0 Å². The Labute approximate surface area is 98.5 Å². The van der Waals surface area contributed by atoms with Gasteiger partial charge in [0.15, 0.2) is 6.79 Å². The third kappa shape index (κ3) is 5.83. The Hall–Kier alpha value is -0.500. The van der Waals surface area contributed by atoms with Crippen LogP contribution in [0, 0.1) is 3.57 Å². The Morgan fingerprint density at radius 2 is 1.73 bits per heavy atom. The first kappa shape index (κ1) is 12.6. The van der Waals surface area contributed by atoms with Crippen LogP contribution in [0.4, 0.5) is 13.2 Å². The first-order valence-corrected chi connectivity index (χ1v) is 5.08. The van der Waals surface area contributed by atoms with Gasteiger partial charge in [0.2, 0.25) is 0 Å². The summed E-state index contributed by atoms with van der Waals surface area (Å²) in [5.41, 5.74) is 0. The van der Waals surface area contributed by atoms with Crippen LogP contribution in [0.3, 0.4) is 0 Å². The van der Waals surface area contributed by atoms with E-state index in [0.717, 1.165) is 3.57 Å². The fourth-order valence-electron chi connectivity index (χ4n) is 0.798. The molecule has 0 bridgehead atoms. The van der Waals surface area contributed by atoms with Gasteiger partial charge in [0, 0.05) is 3.57 Å². The third-order valence-electron chi connectivity index (χ3n) is 1.39. The van der Waals surface area contributed by atoms with Gasteiger partial charge in [-0.05, 0) is 46.9 Å². The quantitative estimate of drug-likeness (QED) is 0.479. The number of alkyl halides is 3. The lowest BCUT2D eigenvalue weighted by atomic mass is 10.3. The second-order valence-electron chi connectivity index (χ2n) is 2.68. The van der Waals surface area contributed by atoms with Crippen LogP contribution in [-0.4, -0.2) is 19.6 Å². The number of halogens is 4. The fourth-order valence-corrected chi connectivity index (χ4v) is 1.16. The molecule has 0 aliphatic rings. The smallest absolute Gasteiger partial charge is 0.411 e. The van der Waals surface area contributed by atoms with Crippen molar-refractivity contribution in [2.24, 2.45) is 0 Å². The van der Waals surface area contributed by atoms with E-state index in [0.29, 0.717) is 5.75 Å². The minimum Gasteiger partial charge on any atom is -0.468 e. The second-order valence-corrected chi connectivity index (χ2v) is 3.93. The summed E-state index contributed by atoms with van der Waals surface area (Å²) < 4.78 is 45.2. The van der Waals surface area contributed by atoms with E-state index in [2.05, 4.69) is 27.3 Å². The molecule has 0 radical (unpaired) electrons. The topological polar surface area (TPSA) is 18.5 Å². The summed E-state index contributed by atoms with van der Waals surface area (Å²) in [5, 5.41) is 0. The number of hydrogen-bond donors (Lipinski definition) is 0. The molecule has 0 fully saturated rings. The lowest BCUT2D eigenvalue weighted by molar-refractivity contribution is -0.186. The van der Waals surface area contributed by atoms with Gasteiger partial charge in [-0.25, -0.2) is 0 Å². The van der Waals surface area contributed by atoms with Crippen molar-refractivity contribution < 1.29 is 22.6 Å². The predicted molar refractivity (Wildman–Crippen MR) is 56.7 cm³/mol. The molecule has 0 spiro atoms. The normalized spacial score (nSPS) is 11.5. The van der Waals surface area contributed by atoms with E-state index in [9.17, 15) is 13.2 Å². The zero-order valence-corrected chi connectivity index (χ0v) is 9.71. The molecule has 0 aliphatic heterocycles. The van der Waals surface area contributed by atoms with Crippen molar-refractivity contribution in [3.05, 3.63) is 27.8 Å². The molecular weight excluding hydrogens is 324 g/mol. The molecule has 84 valence electrons. The molecule has 1 aromatic carbocycles. The molecule has 1 aromatic rings. The minimum absolute atomic E-state index is 0.403. The zero-order valence-electron chi connectivity index (χ0n) is 7.55. The van der Waals surface area contributed by atoms with Gasteiger partial charge in [0.1, 0.15) is 12.4 Å². The summed E-state index contributed by atoms with van der Waals surface area (Å²) in [6, 6.07) is 6.91. The molecule has 0 atom stereocenters. The number of hydrogen-bond acceptors (Lipinski definition) is 2. The number of rotatable bonds is 4. The van der Waals surface area contributed by atoms with Gasteiger partial charge >= 0.3 is 6.18 Å². The van der Waals surface area contributed by atoms with Crippen LogP contribution >= 0.6 is 22.6 Å². The van der Waals surface area contributed by atoms with Crippen LogP contribution in [-0.2, 0) is 4.74 Å². The highest BCUT2D eigenvalue weighted by Gasteiger charge is 2.27. The van der Waals surface area contributed by atoms with Gasteiger partial charge < -0.3 is 9.47 Å². The maximum absolute atomic E-state index is 11.7. The summed E-state index contributed by atoms with van der Waals surface area (Å²) >= 11 is 2.12. The van der Waals surface area contributed by atoms with Gasteiger partial charge in [-0.1, -0.05) is 0 Å². The van der Waals surface area contributed by atoms with Crippen molar-refractivity contribution in [1.29, 1.82) is 0 Å². The molecule has 0 aliphatic carbocycles. The van der Waals surface area contributed by atoms with Crippen molar-refractivity contribution in [3.8, 4) is 5.75 Å². The lowest BCUT2D eigenvalue weighted by Gasteiger charge is -2.09. The Balaban J connectivity index is 2.23. The minimum atomic E-state index is -4.31. The maximum Gasteiger partial charge on any atom is 0.411 e. The van der Waals surface area contributed by atoms with E-state index < -0.39 is 19.6 Å². The van der Waals surface area contributed by atoms with E-state index in [1.165, 1.54) is 0 Å². The van der Waals surface area contributed by atoms with Crippen LogP contribution in [0.2, 0.25) is 0 Å². The highest BCUT2D eigenvalue weighted by atomic mass is 127. The summed E-state index contributed by atoms with van der Waals surface area (Å²) in [5.74, 6) is 0.484. The van der Waals surface area contributed by atoms with Crippen molar-refractivity contribution in [3.63, 3.8) is 0 Å². The monoisotopic (exact) mass is 332 g/mol. The third-order valence-corrected chi connectivity index (χ3v) is 2.11. The van der Waals surface area contributed by atoms with Gasteiger partial charge in [0.25, 0.3) is 0 Å². The molecule has 0 unspecified atom stereocenters. The molecule has 0 heterocycles. The Bertz CT molecular complexity index is 297. The van der Waals surface area contributed by atoms with Crippen molar-refractivity contribution in [2.45, 2.75) is 6.18 Å². The van der Waals surface area contributed by atoms with Crippen molar-refractivity contribution in [2.75, 3.05) is 13.4 Å². The number of benzene rings is 1. The molecule has 0 aromatic heterocycles. The van der Waals surface area contributed by atoms with Gasteiger partial charge in [0.05, 0.1) is 0 Å². The molecule has 1 rings (SSSR count). The first-order chi connectivity index (χ1) is 6.97. The average molecular weight is 332 g/mol. The highest BCUT2D eigenvalue weighted by Crippen LogP contribution is 2.16. The Kier molecular flexibility index (Phi) is 4.65. The second kappa shape index (κ2) is 5.55. The first-order valence-electron chi connectivity index (χ1n) is 4.00. The van der Waals surface area contributed by atoms with Gasteiger partial charge in [-0.2, -0.15) is 13.2 Å². The molecule has 0 amide bonds. The van der Waals surface area contributed by atoms with Crippen LogP contribution in [0.5, 0.6) is 5.75 Å². The number of ether oxygens (including phenoxy) is 2. The standard InChI is InChI=1S/C9H8F3IO2/c10-9(11,12)5-14-6-15-8-3-1-7(13)2-4-8/h1-4H,5-6H2. The van der Waals surface area contributed by atoms with Crippen LogP contribution in [0.25, 0.3) is 0 Å². The highest BCUT2D eigenvalue weighted by molar-refractivity contribution is 14.1. The molecule has 0 saturated carbocycles. The van der Waals surface area contributed by atoms with Gasteiger partial charge in [-0.15, -0.1) is 0 Å². The van der Waals surface area contributed by atoms with Crippen LogP contribution in [0.1, 0.15) is 0 Å². The molecule has 15 heavy (non-hydrogen) atoms. The van der Waals surface area contributed by atoms with Crippen molar-refractivity contribution >= 4 is 22.6 Å². The maximum atomic E-state index is 11.7.